The van der Waals surface area contributed by atoms with Gasteiger partial charge in [-0.15, -0.1) is 0 Å². The van der Waals surface area contributed by atoms with Crippen molar-refractivity contribution in [2.24, 2.45) is 17.8 Å². The fraction of sp³-hybridized carbons (Fsp3) is 0.600. The number of amides is 1. The van der Waals surface area contributed by atoms with E-state index >= 15 is 0 Å². The summed E-state index contributed by atoms with van der Waals surface area (Å²) in [4.78, 5) is 18.5. The van der Waals surface area contributed by atoms with E-state index in [1.807, 2.05) is 4.90 Å². The summed E-state index contributed by atoms with van der Waals surface area (Å²) in [5.74, 6) is -0.623. The van der Waals surface area contributed by atoms with Crippen molar-refractivity contribution in [3.8, 4) is 0 Å². The zero-order chi connectivity index (χ0) is 14.6. The average molecular weight is 310 g/mol. The summed E-state index contributed by atoms with van der Waals surface area (Å²) in [7, 11) is 0. The Bertz CT molecular complexity index is 581. The van der Waals surface area contributed by atoms with E-state index in [0.29, 0.717) is 35.2 Å². The van der Waals surface area contributed by atoms with Gasteiger partial charge in [-0.25, -0.2) is 4.98 Å². The number of aromatic nitrogens is 1. The Hall–Kier alpha value is -1.17. The molecular formula is C15H16F2N2OS. The van der Waals surface area contributed by atoms with Gasteiger partial charge in [-0.05, 0) is 55.0 Å². The van der Waals surface area contributed by atoms with Crippen molar-refractivity contribution in [3.63, 3.8) is 0 Å². The smallest absolute Gasteiger partial charge is 0.290 e. The minimum atomic E-state index is -2.56. The third-order valence-electron chi connectivity index (χ3n) is 5.27. The first-order valence-corrected chi connectivity index (χ1v) is 8.24. The van der Waals surface area contributed by atoms with Gasteiger partial charge in [0.05, 0.1) is 5.56 Å². The van der Waals surface area contributed by atoms with Crippen LogP contribution in [0.4, 0.5) is 8.78 Å². The number of rotatable bonds is 3. The van der Waals surface area contributed by atoms with Crippen LogP contribution in [0.25, 0.3) is 0 Å². The summed E-state index contributed by atoms with van der Waals surface area (Å²) in [6, 6.07) is 3.60. The van der Waals surface area contributed by atoms with E-state index in [-0.39, 0.29) is 10.9 Å². The molecule has 0 N–H and O–H groups in total. The van der Waals surface area contributed by atoms with Crippen LogP contribution in [0.2, 0.25) is 0 Å². The largest absolute Gasteiger partial charge is 0.335 e. The molecular weight excluding hydrogens is 294 g/mol. The number of thioether (sulfide) groups is 1. The maximum atomic E-state index is 12.7. The van der Waals surface area contributed by atoms with Crippen molar-refractivity contribution in [2.45, 2.75) is 36.1 Å². The van der Waals surface area contributed by atoms with Crippen LogP contribution >= 0.6 is 11.8 Å². The van der Waals surface area contributed by atoms with E-state index in [2.05, 4.69) is 4.98 Å². The Morgan fingerprint density at radius 2 is 2.19 bits per heavy atom. The predicted octanol–water partition coefficient (Wildman–Crippen LogP) is 3.27. The van der Waals surface area contributed by atoms with E-state index in [1.54, 1.807) is 12.1 Å². The maximum absolute atomic E-state index is 12.7. The molecule has 1 saturated heterocycles. The predicted molar refractivity (Wildman–Crippen MR) is 75.2 cm³/mol. The van der Waals surface area contributed by atoms with Gasteiger partial charge < -0.3 is 4.90 Å². The lowest BCUT2D eigenvalue weighted by Gasteiger charge is -2.50. The standard InChI is InChI=1S/C15H16F2N2OS/c16-15(17)21-13-10(2-1-5-18-13)14(20)19-7-11-8-3-4-9(6-8)12(11)19/h1-2,5,8-9,11-12,15H,3-4,6-7H2/t8-,9-,11+,12+/m0/s1. The highest BCUT2D eigenvalue weighted by Gasteiger charge is 2.57. The molecule has 3 fully saturated rings. The Morgan fingerprint density at radius 1 is 1.38 bits per heavy atom. The number of nitrogens with zero attached hydrogens (tertiary/aromatic N) is 2. The maximum Gasteiger partial charge on any atom is 0.290 e. The lowest BCUT2D eigenvalue weighted by molar-refractivity contribution is -0.00938. The summed E-state index contributed by atoms with van der Waals surface area (Å²) >= 11 is 0.354. The number of halogens is 2. The molecule has 0 radical (unpaired) electrons. The molecule has 1 amide bonds. The van der Waals surface area contributed by atoms with Gasteiger partial charge in [0.2, 0.25) is 0 Å². The van der Waals surface area contributed by atoms with Gasteiger partial charge in [-0.2, -0.15) is 8.78 Å². The number of hydrogen-bond acceptors (Lipinski definition) is 3. The van der Waals surface area contributed by atoms with Gasteiger partial charge in [-0.1, -0.05) is 0 Å². The van der Waals surface area contributed by atoms with E-state index in [1.165, 1.54) is 25.5 Å². The highest BCUT2D eigenvalue weighted by Crippen LogP contribution is 2.55. The Kier molecular flexibility index (Phi) is 3.17. The first kappa shape index (κ1) is 13.5. The molecule has 21 heavy (non-hydrogen) atoms. The van der Waals surface area contributed by atoms with Crippen molar-refractivity contribution in [1.82, 2.24) is 9.88 Å². The van der Waals surface area contributed by atoms with Crippen LogP contribution in [0.1, 0.15) is 29.6 Å². The fourth-order valence-electron chi connectivity index (χ4n) is 4.44. The molecule has 0 unspecified atom stereocenters. The first-order chi connectivity index (χ1) is 10.1. The molecule has 2 aliphatic carbocycles. The quantitative estimate of drug-likeness (QED) is 0.803. The second-order valence-corrected chi connectivity index (χ2v) is 7.16. The van der Waals surface area contributed by atoms with Crippen molar-refractivity contribution in [1.29, 1.82) is 0 Å². The highest BCUT2D eigenvalue weighted by atomic mass is 32.2. The number of carbonyl (C=O) groups excluding carboxylic acids is 1. The molecule has 3 nitrogen and oxygen atoms in total. The van der Waals surface area contributed by atoms with Crippen LogP contribution in [0.5, 0.6) is 0 Å². The molecule has 0 spiro atoms. The summed E-state index contributed by atoms with van der Waals surface area (Å²) in [5, 5.41) is 0.143. The van der Waals surface area contributed by atoms with Gasteiger partial charge in [0.15, 0.2) is 0 Å². The molecule has 1 aliphatic heterocycles. The molecule has 0 aromatic carbocycles. The Labute approximate surface area is 126 Å². The summed E-state index contributed by atoms with van der Waals surface area (Å²) < 4.78 is 25.2. The van der Waals surface area contributed by atoms with E-state index in [0.717, 1.165) is 12.5 Å². The number of pyridine rings is 1. The summed E-state index contributed by atoms with van der Waals surface area (Å²) in [5.41, 5.74) is 0.323. The van der Waals surface area contributed by atoms with Gasteiger partial charge in [0.1, 0.15) is 5.03 Å². The minimum Gasteiger partial charge on any atom is -0.335 e. The lowest BCUT2D eigenvalue weighted by Crippen LogP contribution is -2.61. The highest BCUT2D eigenvalue weighted by molar-refractivity contribution is 7.99. The topological polar surface area (TPSA) is 33.2 Å². The van der Waals surface area contributed by atoms with Crippen LogP contribution in [0.15, 0.2) is 23.4 Å². The molecule has 4 rings (SSSR count). The summed E-state index contributed by atoms with van der Waals surface area (Å²) in [6.45, 7) is 0.790. The third-order valence-corrected chi connectivity index (χ3v) is 6.00. The van der Waals surface area contributed by atoms with Crippen LogP contribution in [0, 0.1) is 17.8 Å². The van der Waals surface area contributed by atoms with Gasteiger partial charge in [-0.3, -0.25) is 4.79 Å². The van der Waals surface area contributed by atoms with E-state index in [4.69, 9.17) is 0 Å². The third kappa shape index (κ3) is 2.06. The van der Waals surface area contributed by atoms with Gasteiger partial charge in [0.25, 0.3) is 11.7 Å². The number of fused-ring (bicyclic) bond motifs is 5. The average Bonchev–Trinajstić information content (AvgIpc) is 2.95. The minimum absolute atomic E-state index is 0.125. The van der Waals surface area contributed by atoms with Crippen LogP contribution in [-0.4, -0.2) is 34.1 Å². The van der Waals surface area contributed by atoms with Crippen LogP contribution in [0.3, 0.4) is 0 Å². The SMILES string of the molecule is O=C(c1cccnc1SC(F)F)N1C[C@@H]2[C@H]3CC[C@@H](C3)[C@H]21. The lowest BCUT2D eigenvalue weighted by atomic mass is 9.76. The van der Waals surface area contributed by atoms with Crippen molar-refractivity contribution in [3.05, 3.63) is 23.9 Å². The van der Waals surface area contributed by atoms with Gasteiger partial charge in [0, 0.05) is 24.7 Å². The molecule has 3 aliphatic rings. The monoisotopic (exact) mass is 310 g/mol. The number of hydrogen-bond donors (Lipinski definition) is 0. The normalized spacial score (nSPS) is 33.2. The first-order valence-electron chi connectivity index (χ1n) is 7.36. The molecule has 1 aromatic heterocycles. The molecule has 1 aromatic rings. The molecule has 2 saturated carbocycles. The molecule has 2 bridgehead atoms. The van der Waals surface area contributed by atoms with Gasteiger partial charge >= 0.3 is 0 Å². The fourth-order valence-corrected chi connectivity index (χ4v) is 5.01. The zero-order valence-electron chi connectivity index (χ0n) is 11.4. The van der Waals surface area contributed by atoms with Crippen LogP contribution in [-0.2, 0) is 0 Å². The van der Waals surface area contributed by atoms with E-state index in [9.17, 15) is 13.6 Å². The molecule has 4 atom stereocenters. The number of carbonyl (C=O) groups is 1. The zero-order valence-corrected chi connectivity index (χ0v) is 12.2. The Morgan fingerprint density at radius 3 is 2.95 bits per heavy atom. The molecule has 112 valence electrons. The van der Waals surface area contributed by atoms with E-state index < -0.39 is 5.76 Å². The Balaban J connectivity index is 1.56. The second-order valence-electron chi connectivity index (χ2n) is 6.18. The number of alkyl halides is 2. The van der Waals surface area contributed by atoms with Crippen molar-refractivity contribution in [2.75, 3.05) is 6.54 Å². The number of likely N-dealkylation sites (tertiary alicyclic amines) is 1. The molecule has 6 heteroatoms. The molecule has 2 heterocycles. The summed E-state index contributed by atoms with van der Waals surface area (Å²) in [6.07, 6.45) is 5.21. The van der Waals surface area contributed by atoms with Crippen LogP contribution < -0.4 is 0 Å². The van der Waals surface area contributed by atoms with Crippen molar-refractivity contribution >= 4 is 17.7 Å². The second kappa shape index (κ2) is 4.93. The van der Waals surface area contributed by atoms with Crippen molar-refractivity contribution < 1.29 is 13.6 Å².